The summed E-state index contributed by atoms with van der Waals surface area (Å²) in [4.78, 5) is 20.8. The number of hydrogen-bond acceptors (Lipinski definition) is 3. The van der Waals surface area contributed by atoms with Crippen LogP contribution in [0.4, 0.5) is 4.79 Å². The van der Waals surface area contributed by atoms with Gasteiger partial charge in [0.15, 0.2) is 0 Å². The first-order valence-corrected chi connectivity index (χ1v) is 3.75. The predicted molar refractivity (Wildman–Crippen MR) is 41.0 cm³/mol. The normalized spacial score (nSPS) is 14.8. The second kappa shape index (κ2) is 4.58. The first-order chi connectivity index (χ1) is 5.49. The molecule has 70 valence electrons. The van der Waals surface area contributed by atoms with Crippen LogP contribution in [0.2, 0.25) is 0 Å². The van der Waals surface area contributed by atoms with Crippen LogP contribution >= 0.6 is 0 Å². The van der Waals surface area contributed by atoms with Crippen LogP contribution in [0.5, 0.6) is 0 Å². The van der Waals surface area contributed by atoms with Crippen molar-refractivity contribution < 1.29 is 14.7 Å². The average molecular weight is 173 g/mol. The predicted octanol–water partition coefficient (Wildman–Crippen LogP) is -1.18. The molecule has 0 spiro atoms. The van der Waals surface area contributed by atoms with E-state index >= 15 is 0 Å². The first kappa shape index (κ1) is 10.7. The number of amides is 2. The fraction of sp³-hybridized carbons (Fsp3) is 0.714. The van der Waals surface area contributed by atoms with E-state index in [9.17, 15) is 14.7 Å². The Hall–Kier alpha value is -1.26. The Morgan fingerprint density at radius 2 is 2.08 bits per heavy atom. The average Bonchev–Trinajstić information content (AvgIpc) is 1.98. The van der Waals surface area contributed by atoms with Gasteiger partial charge >= 0.3 is 6.03 Å². The van der Waals surface area contributed by atoms with Gasteiger partial charge in [-0.3, -0.25) is 0 Å². The van der Waals surface area contributed by atoms with Crippen LogP contribution in [-0.2, 0) is 4.79 Å². The fourth-order valence-corrected chi connectivity index (χ4v) is 0.822. The number of urea groups is 1. The molecule has 0 aromatic heterocycles. The second-order valence-electron chi connectivity index (χ2n) is 2.69. The van der Waals surface area contributed by atoms with Gasteiger partial charge in [0.2, 0.25) is 0 Å². The zero-order chi connectivity index (χ0) is 9.72. The highest BCUT2D eigenvalue weighted by Crippen LogP contribution is 2.06. The summed E-state index contributed by atoms with van der Waals surface area (Å²) in [6, 6.07) is -1.84. The summed E-state index contributed by atoms with van der Waals surface area (Å²) in [6.45, 7) is 3.53. The third kappa shape index (κ3) is 3.23. The minimum atomic E-state index is -1.30. The Kier molecular flexibility index (Phi) is 4.10. The van der Waals surface area contributed by atoms with E-state index in [1.165, 1.54) is 0 Å². The third-order valence-corrected chi connectivity index (χ3v) is 1.76. The van der Waals surface area contributed by atoms with Gasteiger partial charge < -0.3 is 21.0 Å². The number of nitrogens with two attached hydrogens (primary N) is 1. The first-order valence-electron chi connectivity index (χ1n) is 3.75. The summed E-state index contributed by atoms with van der Waals surface area (Å²) < 4.78 is 0. The molecule has 0 aliphatic rings. The zero-order valence-electron chi connectivity index (χ0n) is 7.16. The Labute approximate surface area is 70.9 Å². The van der Waals surface area contributed by atoms with Crippen molar-refractivity contribution >= 4 is 12.0 Å². The molecule has 0 aromatic carbocycles. The van der Waals surface area contributed by atoms with Crippen LogP contribution in [0.3, 0.4) is 0 Å². The number of aliphatic carboxylic acids is 1. The van der Waals surface area contributed by atoms with E-state index in [-0.39, 0.29) is 5.92 Å². The van der Waals surface area contributed by atoms with Gasteiger partial charge in [0.05, 0.1) is 12.0 Å². The van der Waals surface area contributed by atoms with Crippen molar-refractivity contribution in [1.82, 2.24) is 5.32 Å². The molecule has 0 rings (SSSR count). The summed E-state index contributed by atoms with van der Waals surface area (Å²) in [5.41, 5.74) is 4.78. The summed E-state index contributed by atoms with van der Waals surface area (Å²) in [5.74, 6) is -1.48. The second-order valence-corrected chi connectivity index (χ2v) is 2.69. The van der Waals surface area contributed by atoms with E-state index in [0.29, 0.717) is 6.42 Å². The fourth-order valence-electron chi connectivity index (χ4n) is 0.822. The number of primary amides is 1. The minimum absolute atomic E-state index is 0.178. The van der Waals surface area contributed by atoms with Crippen LogP contribution in [0.15, 0.2) is 0 Å². The van der Waals surface area contributed by atoms with Gasteiger partial charge in [-0.15, -0.1) is 0 Å². The molecule has 0 aliphatic heterocycles. The number of nitrogens with one attached hydrogen (secondary N) is 1. The molecular weight excluding hydrogens is 160 g/mol. The molecule has 0 radical (unpaired) electrons. The highest BCUT2D eigenvalue weighted by Gasteiger charge is 2.17. The van der Waals surface area contributed by atoms with Crippen LogP contribution in [0, 0.1) is 5.92 Å². The van der Waals surface area contributed by atoms with E-state index in [4.69, 9.17) is 5.73 Å². The molecule has 0 unspecified atom stereocenters. The summed E-state index contributed by atoms with van der Waals surface area (Å²) in [5, 5.41) is 12.6. The van der Waals surface area contributed by atoms with Crippen LogP contribution in [0.1, 0.15) is 20.3 Å². The third-order valence-electron chi connectivity index (χ3n) is 1.76. The highest BCUT2D eigenvalue weighted by atomic mass is 16.4. The molecule has 2 amide bonds. The van der Waals surface area contributed by atoms with Gasteiger partial charge in [0.25, 0.3) is 0 Å². The standard InChI is InChI=1S/C7H14N2O3/c1-3-4(2)5(6(10)11)9-7(8)12/h4-5H,3H2,1-2H3,(H,10,11)(H3,8,9,12)/p-1/t4-,5-/m1/s1. The highest BCUT2D eigenvalue weighted by molar-refractivity contribution is 5.80. The van der Waals surface area contributed by atoms with Crippen molar-refractivity contribution in [3.63, 3.8) is 0 Å². The minimum Gasteiger partial charge on any atom is -0.548 e. The lowest BCUT2D eigenvalue weighted by atomic mass is 10.00. The molecule has 0 fully saturated rings. The van der Waals surface area contributed by atoms with Gasteiger partial charge in [0.1, 0.15) is 0 Å². The number of hydrogen-bond donors (Lipinski definition) is 2. The summed E-state index contributed by atoms with van der Waals surface area (Å²) in [6.07, 6.45) is 0.638. The molecule has 0 saturated carbocycles. The van der Waals surface area contributed by atoms with Crippen LogP contribution in [0.25, 0.3) is 0 Å². The Balaban J connectivity index is 4.22. The quantitative estimate of drug-likeness (QED) is 0.560. The molecule has 0 heterocycles. The summed E-state index contributed by atoms with van der Waals surface area (Å²) >= 11 is 0. The van der Waals surface area contributed by atoms with Crippen molar-refractivity contribution in [2.75, 3.05) is 0 Å². The topological polar surface area (TPSA) is 95.2 Å². The van der Waals surface area contributed by atoms with Crippen molar-refractivity contribution in [3.05, 3.63) is 0 Å². The Morgan fingerprint density at radius 1 is 1.58 bits per heavy atom. The van der Waals surface area contributed by atoms with E-state index < -0.39 is 18.0 Å². The van der Waals surface area contributed by atoms with E-state index in [1.807, 2.05) is 6.92 Å². The maximum absolute atomic E-state index is 10.5. The number of carbonyl (C=O) groups is 2. The molecule has 2 atom stereocenters. The number of carboxylic acids is 1. The van der Waals surface area contributed by atoms with Gasteiger partial charge in [-0.05, 0) is 5.92 Å². The van der Waals surface area contributed by atoms with Gasteiger partial charge in [-0.25, -0.2) is 4.79 Å². The maximum atomic E-state index is 10.5. The van der Waals surface area contributed by atoms with Gasteiger partial charge in [-0.2, -0.15) is 0 Å². The van der Waals surface area contributed by atoms with E-state index in [0.717, 1.165) is 0 Å². The van der Waals surface area contributed by atoms with Crippen LogP contribution < -0.4 is 16.2 Å². The van der Waals surface area contributed by atoms with Crippen LogP contribution in [-0.4, -0.2) is 18.0 Å². The largest absolute Gasteiger partial charge is 0.548 e. The lowest BCUT2D eigenvalue weighted by molar-refractivity contribution is -0.309. The van der Waals surface area contributed by atoms with E-state index in [1.54, 1.807) is 6.92 Å². The number of rotatable bonds is 4. The lowest BCUT2D eigenvalue weighted by Gasteiger charge is -2.23. The molecule has 0 aliphatic carbocycles. The molecule has 0 aromatic rings. The smallest absolute Gasteiger partial charge is 0.312 e. The van der Waals surface area contributed by atoms with Crippen molar-refractivity contribution in [3.8, 4) is 0 Å². The van der Waals surface area contributed by atoms with Gasteiger partial charge in [0, 0.05) is 0 Å². The SMILES string of the molecule is CC[C@@H](C)[C@@H](NC(N)=O)C(=O)[O-]. The Morgan fingerprint density at radius 3 is 2.33 bits per heavy atom. The van der Waals surface area contributed by atoms with Gasteiger partial charge in [-0.1, -0.05) is 20.3 Å². The Bertz CT molecular complexity index is 181. The molecule has 0 saturated heterocycles. The monoisotopic (exact) mass is 173 g/mol. The zero-order valence-corrected chi connectivity index (χ0v) is 7.16. The summed E-state index contributed by atoms with van der Waals surface area (Å²) in [7, 11) is 0. The molecule has 5 nitrogen and oxygen atoms in total. The van der Waals surface area contributed by atoms with E-state index in [2.05, 4.69) is 5.32 Å². The molecule has 12 heavy (non-hydrogen) atoms. The van der Waals surface area contributed by atoms with Crippen molar-refractivity contribution in [2.24, 2.45) is 11.7 Å². The molecule has 3 N–H and O–H groups in total. The number of carbonyl (C=O) groups excluding carboxylic acids is 2. The molecule has 5 heteroatoms. The number of carboxylic acid groups (broad SMARTS) is 1. The maximum Gasteiger partial charge on any atom is 0.312 e. The lowest BCUT2D eigenvalue weighted by Crippen LogP contribution is -2.52. The molecular formula is C7H13N2O3-. The molecule has 0 bridgehead atoms. The van der Waals surface area contributed by atoms with Crippen molar-refractivity contribution in [2.45, 2.75) is 26.3 Å². The van der Waals surface area contributed by atoms with Crippen molar-refractivity contribution in [1.29, 1.82) is 0 Å².